The Labute approximate surface area is 133 Å². The van der Waals surface area contributed by atoms with Gasteiger partial charge in [-0.05, 0) is 31.2 Å². The molecule has 0 saturated heterocycles. The van der Waals surface area contributed by atoms with Crippen molar-refractivity contribution in [1.82, 2.24) is 0 Å². The van der Waals surface area contributed by atoms with Crippen LogP contribution in [-0.4, -0.2) is 23.4 Å². The fourth-order valence-corrected chi connectivity index (χ4v) is 2.42. The molecule has 22 heavy (non-hydrogen) atoms. The number of carbonyl (C=O) groups is 2. The average Bonchev–Trinajstić information content (AvgIpc) is 2.55. The van der Waals surface area contributed by atoms with Gasteiger partial charge in [0.2, 0.25) is 11.0 Å². The van der Waals surface area contributed by atoms with Crippen LogP contribution in [0.25, 0.3) is 0 Å². The van der Waals surface area contributed by atoms with Crippen LogP contribution < -0.4 is 10.1 Å². The van der Waals surface area contributed by atoms with Crippen LogP contribution in [0.4, 0.5) is 5.69 Å². The summed E-state index contributed by atoms with van der Waals surface area (Å²) in [5, 5.41) is 2.64. The van der Waals surface area contributed by atoms with Crippen LogP contribution in [0, 0.1) is 0 Å². The van der Waals surface area contributed by atoms with Gasteiger partial charge < -0.3 is 10.1 Å². The summed E-state index contributed by atoms with van der Waals surface area (Å²) >= 11 is 0.993. The molecule has 0 bridgehead atoms. The Morgan fingerprint density at radius 1 is 1.05 bits per heavy atom. The summed E-state index contributed by atoms with van der Waals surface area (Å²) in [7, 11) is 0. The van der Waals surface area contributed by atoms with Gasteiger partial charge in [-0.2, -0.15) is 0 Å². The molecule has 0 fully saturated rings. The van der Waals surface area contributed by atoms with Crippen LogP contribution in [0.2, 0.25) is 0 Å². The number of hydrogen-bond donors (Lipinski definition) is 1. The van der Waals surface area contributed by atoms with E-state index >= 15 is 0 Å². The zero-order valence-corrected chi connectivity index (χ0v) is 13.1. The summed E-state index contributed by atoms with van der Waals surface area (Å²) in [5.74, 6) is 0.633. The molecule has 0 unspecified atom stereocenters. The molecular weight excluding hydrogens is 298 g/mol. The Morgan fingerprint density at radius 3 is 2.36 bits per heavy atom. The summed E-state index contributed by atoms with van der Waals surface area (Å²) in [4.78, 5) is 23.7. The molecule has 2 rings (SSSR count). The van der Waals surface area contributed by atoms with E-state index < -0.39 is 0 Å². The first-order valence-corrected chi connectivity index (χ1v) is 7.92. The quantitative estimate of drug-likeness (QED) is 0.885. The second-order valence-electron chi connectivity index (χ2n) is 4.45. The second-order valence-corrected chi connectivity index (χ2v) is 5.40. The standard InChI is InChI=1S/C17H17NO3S/c1-2-21-15-10-8-14(9-11-15)18-16(19)12-22-17(20)13-6-4-3-5-7-13/h3-11H,2,12H2,1H3,(H,18,19). The van der Waals surface area contributed by atoms with Crippen molar-refractivity contribution in [3.05, 3.63) is 60.2 Å². The Balaban J connectivity index is 1.81. The average molecular weight is 315 g/mol. The number of hydrogen-bond acceptors (Lipinski definition) is 4. The predicted molar refractivity (Wildman–Crippen MR) is 89.5 cm³/mol. The Hall–Kier alpha value is -2.27. The van der Waals surface area contributed by atoms with Gasteiger partial charge in [0.1, 0.15) is 5.75 Å². The highest BCUT2D eigenvalue weighted by molar-refractivity contribution is 8.14. The number of anilines is 1. The third-order valence-electron chi connectivity index (χ3n) is 2.79. The molecule has 1 amide bonds. The zero-order chi connectivity index (χ0) is 15.8. The minimum absolute atomic E-state index is 0.0843. The van der Waals surface area contributed by atoms with Crippen molar-refractivity contribution in [2.75, 3.05) is 17.7 Å². The maximum Gasteiger partial charge on any atom is 0.234 e. The van der Waals surface area contributed by atoms with Crippen LogP contribution in [-0.2, 0) is 4.79 Å². The number of benzene rings is 2. The molecule has 0 atom stereocenters. The lowest BCUT2D eigenvalue weighted by molar-refractivity contribution is -0.113. The predicted octanol–water partition coefficient (Wildman–Crippen LogP) is 3.60. The Bertz CT molecular complexity index is 626. The molecule has 2 aromatic rings. The third-order valence-corrected chi connectivity index (χ3v) is 3.70. The number of thioether (sulfide) groups is 1. The molecule has 0 radical (unpaired) electrons. The minimum Gasteiger partial charge on any atom is -0.494 e. The second kappa shape index (κ2) is 8.24. The fraction of sp³-hybridized carbons (Fsp3) is 0.176. The van der Waals surface area contributed by atoms with Gasteiger partial charge in [0.05, 0.1) is 12.4 Å². The van der Waals surface area contributed by atoms with E-state index in [2.05, 4.69) is 5.32 Å². The maximum atomic E-state index is 11.9. The van der Waals surface area contributed by atoms with Gasteiger partial charge in [-0.15, -0.1) is 0 Å². The first-order valence-electron chi connectivity index (χ1n) is 6.94. The van der Waals surface area contributed by atoms with Crippen molar-refractivity contribution in [2.45, 2.75) is 6.92 Å². The third kappa shape index (κ3) is 4.93. The van der Waals surface area contributed by atoms with Gasteiger partial charge in [0.25, 0.3) is 0 Å². The van der Waals surface area contributed by atoms with E-state index in [0.717, 1.165) is 17.5 Å². The van der Waals surface area contributed by atoms with Crippen LogP contribution in [0.5, 0.6) is 5.75 Å². The number of nitrogens with one attached hydrogen (secondary N) is 1. The van der Waals surface area contributed by atoms with E-state index in [-0.39, 0.29) is 16.8 Å². The summed E-state index contributed by atoms with van der Waals surface area (Å²) < 4.78 is 5.33. The minimum atomic E-state index is -0.210. The fourth-order valence-electron chi connectivity index (χ4n) is 1.79. The van der Waals surface area contributed by atoms with Gasteiger partial charge in [0, 0.05) is 11.3 Å². The first-order chi connectivity index (χ1) is 10.7. The lowest BCUT2D eigenvalue weighted by Crippen LogP contribution is -2.15. The van der Waals surface area contributed by atoms with E-state index in [1.165, 1.54) is 0 Å². The molecule has 5 heteroatoms. The maximum absolute atomic E-state index is 11.9. The van der Waals surface area contributed by atoms with Gasteiger partial charge in [-0.25, -0.2) is 0 Å². The van der Waals surface area contributed by atoms with Crippen LogP contribution in [0.1, 0.15) is 17.3 Å². The van der Waals surface area contributed by atoms with E-state index in [1.54, 1.807) is 48.5 Å². The first kappa shape index (κ1) is 16.1. The summed E-state index contributed by atoms with van der Waals surface area (Å²) in [6, 6.07) is 16.0. The van der Waals surface area contributed by atoms with Crippen molar-refractivity contribution in [1.29, 1.82) is 0 Å². The van der Waals surface area contributed by atoms with Gasteiger partial charge in [0.15, 0.2) is 0 Å². The molecule has 0 aromatic heterocycles. The van der Waals surface area contributed by atoms with E-state index in [1.807, 2.05) is 13.0 Å². The normalized spacial score (nSPS) is 10.0. The van der Waals surface area contributed by atoms with Crippen LogP contribution >= 0.6 is 11.8 Å². The highest BCUT2D eigenvalue weighted by atomic mass is 32.2. The van der Waals surface area contributed by atoms with Crippen molar-refractivity contribution in [3.8, 4) is 5.75 Å². The Morgan fingerprint density at radius 2 is 1.73 bits per heavy atom. The van der Waals surface area contributed by atoms with E-state index in [4.69, 9.17) is 4.74 Å². The molecule has 1 N–H and O–H groups in total. The smallest absolute Gasteiger partial charge is 0.234 e. The molecule has 0 spiro atoms. The molecular formula is C17H17NO3S. The van der Waals surface area contributed by atoms with Crippen molar-refractivity contribution in [2.24, 2.45) is 0 Å². The molecule has 0 aliphatic heterocycles. The number of ether oxygens (including phenoxy) is 1. The van der Waals surface area contributed by atoms with Gasteiger partial charge in [-0.3, -0.25) is 9.59 Å². The number of rotatable bonds is 6. The zero-order valence-electron chi connectivity index (χ0n) is 12.2. The topological polar surface area (TPSA) is 55.4 Å². The van der Waals surface area contributed by atoms with E-state index in [9.17, 15) is 9.59 Å². The molecule has 0 heterocycles. The number of amides is 1. The summed E-state index contributed by atoms with van der Waals surface area (Å²) in [6.45, 7) is 2.51. The molecule has 114 valence electrons. The SMILES string of the molecule is CCOc1ccc(NC(=O)CSC(=O)c2ccccc2)cc1. The van der Waals surface area contributed by atoms with Gasteiger partial charge in [-0.1, -0.05) is 42.1 Å². The highest BCUT2D eigenvalue weighted by Crippen LogP contribution is 2.17. The van der Waals surface area contributed by atoms with Crippen molar-refractivity contribution >= 4 is 28.5 Å². The molecule has 0 aliphatic rings. The molecule has 2 aromatic carbocycles. The monoisotopic (exact) mass is 315 g/mol. The van der Waals surface area contributed by atoms with Crippen molar-refractivity contribution < 1.29 is 14.3 Å². The molecule has 4 nitrogen and oxygen atoms in total. The van der Waals surface area contributed by atoms with Gasteiger partial charge >= 0.3 is 0 Å². The lowest BCUT2D eigenvalue weighted by Gasteiger charge is -2.07. The molecule has 0 aliphatic carbocycles. The highest BCUT2D eigenvalue weighted by Gasteiger charge is 2.09. The molecule has 0 saturated carbocycles. The van der Waals surface area contributed by atoms with E-state index in [0.29, 0.717) is 17.9 Å². The van der Waals surface area contributed by atoms with Crippen molar-refractivity contribution in [3.63, 3.8) is 0 Å². The largest absolute Gasteiger partial charge is 0.494 e. The Kier molecular flexibility index (Phi) is 6.03. The lowest BCUT2D eigenvalue weighted by atomic mass is 10.2. The number of carbonyl (C=O) groups excluding carboxylic acids is 2. The summed E-state index contributed by atoms with van der Waals surface area (Å²) in [6.07, 6.45) is 0. The van der Waals surface area contributed by atoms with Crippen LogP contribution in [0.15, 0.2) is 54.6 Å². The van der Waals surface area contributed by atoms with Crippen LogP contribution in [0.3, 0.4) is 0 Å². The summed E-state index contributed by atoms with van der Waals surface area (Å²) in [5.41, 5.74) is 1.28.